The third-order valence-electron chi connectivity index (χ3n) is 3.20. The van der Waals surface area contributed by atoms with Crippen LogP contribution in [0, 0.1) is 5.82 Å². The maximum Gasteiger partial charge on any atom is 0.141 e. The van der Waals surface area contributed by atoms with Gasteiger partial charge in [0.15, 0.2) is 0 Å². The first-order valence-electron chi connectivity index (χ1n) is 7.07. The van der Waals surface area contributed by atoms with Gasteiger partial charge >= 0.3 is 0 Å². The van der Waals surface area contributed by atoms with Crippen LogP contribution in [0.1, 0.15) is 31.9 Å². The largest absolute Gasteiger partial charge is 0.457 e. The molecule has 0 saturated heterocycles. The lowest BCUT2D eigenvalue weighted by atomic mass is 10.1. The van der Waals surface area contributed by atoms with Crippen LogP contribution in [-0.4, -0.2) is 6.54 Å². The van der Waals surface area contributed by atoms with Crippen LogP contribution in [0.25, 0.3) is 0 Å². The van der Waals surface area contributed by atoms with E-state index in [0.29, 0.717) is 10.2 Å². The summed E-state index contributed by atoms with van der Waals surface area (Å²) >= 11 is 3.14. The zero-order valence-corrected chi connectivity index (χ0v) is 13.8. The average Bonchev–Trinajstić information content (AvgIpc) is 2.49. The number of nitrogens with one attached hydrogen (secondary N) is 1. The Bertz CT molecular complexity index is 603. The lowest BCUT2D eigenvalue weighted by molar-refractivity contribution is 0.456. The van der Waals surface area contributed by atoms with Gasteiger partial charge in [0.1, 0.15) is 17.3 Å². The van der Waals surface area contributed by atoms with E-state index in [0.717, 1.165) is 24.3 Å². The van der Waals surface area contributed by atoms with Crippen LogP contribution in [0.15, 0.2) is 46.9 Å². The molecule has 112 valence electrons. The highest BCUT2D eigenvalue weighted by Crippen LogP contribution is 2.31. The van der Waals surface area contributed by atoms with Gasteiger partial charge in [-0.3, -0.25) is 0 Å². The second-order valence-corrected chi connectivity index (χ2v) is 5.75. The Hall–Kier alpha value is -1.39. The highest BCUT2D eigenvalue weighted by atomic mass is 79.9. The lowest BCUT2D eigenvalue weighted by Gasteiger charge is -2.18. The number of hydrogen-bond acceptors (Lipinski definition) is 2. The van der Waals surface area contributed by atoms with Crippen molar-refractivity contribution in [2.45, 2.75) is 26.3 Å². The highest BCUT2D eigenvalue weighted by molar-refractivity contribution is 9.10. The van der Waals surface area contributed by atoms with Crippen LogP contribution in [0.5, 0.6) is 11.5 Å². The smallest absolute Gasteiger partial charge is 0.141 e. The SMILES string of the molecule is CCCNC(C)c1ccccc1Oc1ccc(Br)c(F)c1. The zero-order valence-electron chi connectivity index (χ0n) is 12.2. The van der Waals surface area contributed by atoms with Crippen molar-refractivity contribution in [1.82, 2.24) is 5.32 Å². The van der Waals surface area contributed by atoms with E-state index in [1.165, 1.54) is 6.07 Å². The predicted octanol–water partition coefficient (Wildman–Crippen LogP) is 5.44. The first-order valence-corrected chi connectivity index (χ1v) is 7.86. The van der Waals surface area contributed by atoms with Crippen molar-refractivity contribution >= 4 is 15.9 Å². The van der Waals surface area contributed by atoms with E-state index in [-0.39, 0.29) is 11.9 Å². The molecule has 0 amide bonds. The van der Waals surface area contributed by atoms with Gasteiger partial charge in [-0.15, -0.1) is 0 Å². The quantitative estimate of drug-likeness (QED) is 0.747. The van der Waals surface area contributed by atoms with E-state index in [1.807, 2.05) is 24.3 Å². The summed E-state index contributed by atoms with van der Waals surface area (Å²) in [6, 6.07) is 12.8. The minimum absolute atomic E-state index is 0.182. The van der Waals surface area contributed by atoms with Gasteiger partial charge in [0.25, 0.3) is 0 Å². The molecule has 0 fully saturated rings. The number of ether oxygens (including phenoxy) is 1. The Labute approximate surface area is 133 Å². The second kappa shape index (κ2) is 7.57. The molecular weight excluding hydrogens is 333 g/mol. The van der Waals surface area contributed by atoms with Crippen LogP contribution < -0.4 is 10.1 Å². The van der Waals surface area contributed by atoms with Gasteiger partial charge in [-0.25, -0.2) is 4.39 Å². The molecule has 21 heavy (non-hydrogen) atoms. The van der Waals surface area contributed by atoms with Gasteiger partial charge in [0.05, 0.1) is 4.47 Å². The fraction of sp³-hybridized carbons (Fsp3) is 0.294. The maximum atomic E-state index is 13.6. The molecule has 0 aliphatic carbocycles. The molecule has 1 N–H and O–H groups in total. The van der Waals surface area contributed by atoms with Crippen molar-refractivity contribution in [2.75, 3.05) is 6.54 Å². The fourth-order valence-electron chi connectivity index (χ4n) is 2.07. The first kappa shape index (κ1) is 16.0. The zero-order chi connectivity index (χ0) is 15.2. The predicted molar refractivity (Wildman–Crippen MR) is 87.3 cm³/mol. The van der Waals surface area contributed by atoms with Gasteiger partial charge in [0, 0.05) is 17.7 Å². The molecule has 2 aromatic carbocycles. The monoisotopic (exact) mass is 351 g/mol. The summed E-state index contributed by atoms with van der Waals surface area (Å²) in [6.07, 6.45) is 1.07. The summed E-state index contributed by atoms with van der Waals surface area (Å²) in [4.78, 5) is 0. The van der Waals surface area contributed by atoms with E-state index in [4.69, 9.17) is 4.74 Å². The normalized spacial score (nSPS) is 12.2. The molecular formula is C17H19BrFNO. The molecule has 4 heteroatoms. The molecule has 0 aliphatic rings. The lowest BCUT2D eigenvalue weighted by Crippen LogP contribution is -2.19. The van der Waals surface area contributed by atoms with Crippen molar-refractivity contribution in [1.29, 1.82) is 0 Å². The van der Waals surface area contributed by atoms with E-state index in [1.54, 1.807) is 12.1 Å². The van der Waals surface area contributed by atoms with Gasteiger partial charge in [0.2, 0.25) is 0 Å². The summed E-state index contributed by atoms with van der Waals surface area (Å²) in [5, 5.41) is 3.43. The van der Waals surface area contributed by atoms with Crippen LogP contribution in [0.3, 0.4) is 0 Å². The number of halogens is 2. The molecule has 2 rings (SSSR count). The van der Waals surface area contributed by atoms with Crippen molar-refractivity contribution in [3.63, 3.8) is 0 Å². The second-order valence-electron chi connectivity index (χ2n) is 4.89. The molecule has 0 radical (unpaired) electrons. The van der Waals surface area contributed by atoms with Crippen LogP contribution in [0.4, 0.5) is 4.39 Å². The molecule has 0 saturated carbocycles. The molecule has 0 heterocycles. The average molecular weight is 352 g/mol. The van der Waals surface area contributed by atoms with Crippen molar-refractivity contribution in [3.05, 3.63) is 58.3 Å². The van der Waals surface area contributed by atoms with Crippen LogP contribution in [-0.2, 0) is 0 Å². The minimum Gasteiger partial charge on any atom is -0.457 e. The third-order valence-corrected chi connectivity index (χ3v) is 3.85. The van der Waals surface area contributed by atoms with Crippen molar-refractivity contribution < 1.29 is 9.13 Å². The summed E-state index contributed by atoms with van der Waals surface area (Å²) in [7, 11) is 0. The number of para-hydroxylation sites is 1. The number of hydrogen-bond donors (Lipinski definition) is 1. The standard InChI is InChI=1S/C17H19BrFNO/c1-3-10-20-12(2)14-6-4-5-7-17(14)21-13-8-9-15(18)16(19)11-13/h4-9,11-12,20H,3,10H2,1-2H3. The van der Waals surface area contributed by atoms with Crippen LogP contribution >= 0.6 is 15.9 Å². The van der Waals surface area contributed by atoms with E-state index in [2.05, 4.69) is 35.1 Å². The Morgan fingerprint density at radius 2 is 2.00 bits per heavy atom. The fourth-order valence-corrected chi connectivity index (χ4v) is 2.32. The third kappa shape index (κ3) is 4.29. The Balaban J connectivity index is 2.21. The minimum atomic E-state index is -0.331. The Kier molecular flexibility index (Phi) is 5.76. The maximum absolute atomic E-state index is 13.6. The summed E-state index contributed by atoms with van der Waals surface area (Å²) in [5.74, 6) is 0.906. The molecule has 1 unspecified atom stereocenters. The van der Waals surface area contributed by atoms with E-state index < -0.39 is 0 Å². The van der Waals surface area contributed by atoms with Gasteiger partial charge in [-0.05, 0) is 54.0 Å². The Morgan fingerprint density at radius 1 is 1.24 bits per heavy atom. The molecule has 1 atom stereocenters. The molecule has 2 aromatic rings. The molecule has 0 aliphatic heterocycles. The molecule has 0 bridgehead atoms. The van der Waals surface area contributed by atoms with E-state index in [9.17, 15) is 4.39 Å². The van der Waals surface area contributed by atoms with Crippen molar-refractivity contribution in [2.24, 2.45) is 0 Å². The van der Waals surface area contributed by atoms with E-state index >= 15 is 0 Å². The number of benzene rings is 2. The summed E-state index contributed by atoms with van der Waals surface area (Å²) < 4.78 is 19.8. The van der Waals surface area contributed by atoms with Crippen molar-refractivity contribution in [3.8, 4) is 11.5 Å². The summed E-state index contributed by atoms with van der Waals surface area (Å²) in [6.45, 7) is 5.18. The highest BCUT2D eigenvalue weighted by Gasteiger charge is 2.11. The van der Waals surface area contributed by atoms with Gasteiger partial charge < -0.3 is 10.1 Å². The van der Waals surface area contributed by atoms with Gasteiger partial charge in [-0.1, -0.05) is 25.1 Å². The molecule has 2 nitrogen and oxygen atoms in total. The number of rotatable bonds is 6. The first-order chi connectivity index (χ1) is 10.1. The van der Waals surface area contributed by atoms with Gasteiger partial charge in [-0.2, -0.15) is 0 Å². The van der Waals surface area contributed by atoms with Crippen LogP contribution in [0.2, 0.25) is 0 Å². The molecule has 0 spiro atoms. The topological polar surface area (TPSA) is 21.3 Å². The summed E-state index contributed by atoms with van der Waals surface area (Å²) in [5.41, 5.74) is 1.06. The molecule has 0 aromatic heterocycles. The Morgan fingerprint density at radius 3 is 2.71 bits per heavy atom.